The van der Waals surface area contributed by atoms with Crippen LogP contribution in [0.4, 0.5) is 5.69 Å². The Kier molecular flexibility index (Phi) is 5.33. The zero-order chi connectivity index (χ0) is 18.5. The number of hydrogen-bond donors (Lipinski definition) is 3. The van der Waals surface area contributed by atoms with Crippen LogP contribution in [-0.4, -0.2) is 58.3 Å². The van der Waals surface area contributed by atoms with Crippen molar-refractivity contribution in [2.45, 2.75) is 6.92 Å². The predicted octanol–water partition coefficient (Wildman–Crippen LogP) is 1.20. The van der Waals surface area contributed by atoms with Gasteiger partial charge in [-0.05, 0) is 30.7 Å². The Bertz CT molecular complexity index is 822. The Hall–Kier alpha value is -3.13. The molecule has 0 saturated carbocycles. The van der Waals surface area contributed by atoms with Crippen molar-refractivity contribution in [1.82, 2.24) is 20.6 Å². The highest BCUT2D eigenvalue weighted by atomic mass is 16.5. The number of para-hydroxylation sites is 1. The summed E-state index contributed by atoms with van der Waals surface area (Å²) >= 11 is 0. The van der Waals surface area contributed by atoms with E-state index in [1.54, 1.807) is 22.5 Å². The molecular formula is C18H21N5O3. The second-order valence-corrected chi connectivity index (χ2v) is 6.08. The highest BCUT2D eigenvalue weighted by Crippen LogP contribution is 2.23. The van der Waals surface area contributed by atoms with Crippen molar-refractivity contribution in [2.75, 3.05) is 31.1 Å². The van der Waals surface area contributed by atoms with E-state index >= 15 is 0 Å². The van der Waals surface area contributed by atoms with Gasteiger partial charge < -0.3 is 9.80 Å². The van der Waals surface area contributed by atoms with Crippen LogP contribution in [0, 0.1) is 6.92 Å². The molecule has 0 spiro atoms. The molecule has 2 aromatic rings. The maximum absolute atomic E-state index is 12.5. The quantitative estimate of drug-likeness (QED) is 0.435. The number of aromatic amines is 1. The van der Waals surface area contributed by atoms with Gasteiger partial charge in [0.25, 0.3) is 11.8 Å². The molecule has 1 aliphatic rings. The Morgan fingerprint density at radius 3 is 2.62 bits per heavy atom. The number of rotatable bonds is 4. The molecule has 0 atom stereocenters. The SMILES string of the molecule is Cc1cc(C(=O)N2CCN(c3ccccc3C=CC(=O)NO)CC2)n[nH]1. The molecule has 0 unspecified atom stereocenters. The summed E-state index contributed by atoms with van der Waals surface area (Å²) in [6, 6.07) is 9.45. The second-order valence-electron chi connectivity index (χ2n) is 6.08. The standard InChI is InChI=1S/C18H21N5O3/c1-13-12-15(20-19-13)18(25)23-10-8-22(9-11-23)16-5-3-2-4-14(16)6-7-17(24)21-26/h2-7,12,26H,8-11H2,1H3,(H,19,20)(H,21,24). The number of nitrogens with zero attached hydrogens (tertiary/aromatic N) is 3. The first-order chi connectivity index (χ1) is 12.6. The molecule has 1 fully saturated rings. The third-order valence-electron chi connectivity index (χ3n) is 4.29. The van der Waals surface area contributed by atoms with Gasteiger partial charge in [-0.3, -0.25) is 19.9 Å². The number of carbonyl (C=O) groups excluding carboxylic acids is 2. The van der Waals surface area contributed by atoms with Gasteiger partial charge in [0, 0.05) is 43.6 Å². The van der Waals surface area contributed by atoms with E-state index in [1.165, 1.54) is 6.08 Å². The van der Waals surface area contributed by atoms with Crippen molar-refractivity contribution in [2.24, 2.45) is 0 Å². The van der Waals surface area contributed by atoms with Gasteiger partial charge in [0.15, 0.2) is 0 Å². The van der Waals surface area contributed by atoms with Gasteiger partial charge in [0.1, 0.15) is 5.69 Å². The molecular weight excluding hydrogens is 334 g/mol. The van der Waals surface area contributed by atoms with E-state index in [9.17, 15) is 9.59 Å². The Morgan fingerprint density at radius 2 is 1.96 bits per heavy atom. The highest BCUT2D eigenvalue weighted by molar-refractivity contribution is 5.93. The highest BCUT2D eigenvalue weighted by Gasteiger charge is 2.24. The largest absolute Gasteiger partial charge is 0.367 e. The molecule has 0 radical (unpaired) electrons. The maximum atomic E-state index is 12.5. The Morgan fingerprint density at radius 1 is 1.23 bits per heavy atom. The first-order valence-corrected chi connectivity index (χ1v) is 8.36. The molecule has 1 aliphatic heterocycles. The lowest BCUT2D eigenvalue weighted by molar-refractivity contribution is -0.124. The van der Waals surface area contributed by atoms with Gasteiger partial charge in [0.2, 0.25) is 0 Å². The van der Waals surface area contributed by atoms with Crippen molar-refractivity contribution in [3.63, 3.8) is 0 Å². The average molecular weight is 355 g/mol. The van der Waals surface area contributed by atoms with Crippen molar-refractivity contribution >= 4 is 23.6 Å². The molecule has 8 nitrogen and oxygen atoms in total. The third kappa shape index (κ3) is 3.92. The molecule has 0 bridgehead atoms. The van der Waals surface area contributed by atoms with Crippen LogP contribution in [0.1, 0.15) is 21.7 Å². The first-order valence-electron chi connectivity index (χ1n) is 8.36. The van der Waals surface area contributed by atoms with Gasteiger partial charge in [-0.25, -0.2) is 5.48 Å². The number of benzene rings is 1. The summed E-state index contributed by atoms with van der Waals surface area (Å²) in [5.74, 6) is -0.647. The number of aromatic nitrogens is 2. The molecule has 2 amide bonds. The number of amides is 2. The van der Waals surface area contributed by atoms with E-state index in [0.717, 1.165) is 16.9 Å². The molecule has 2 heterocycles. The van der Waals surface area contributed by atoms with E-state index in [4.69, 9.17) is 5.21 Å². The minimum absolute atomic E-state index is 0.0678. The molecule has 8 heteroatoms. The minimum atomic E-state index is -0.579. The van der Waals surface area contributed by atoms with E-state index in [-0.39, 0.29) is 5.91 Å². The van der Waals surface area contributed by atoms with Crippen LogP contribution in [0.3, 0.4) is 0 Å². The Labute approximate surface area is 151 Å². The fraction of sp³-hybridized carbons (Fsp3) is 0.278. The summed E-state index contributed by atoms with van der Waals surface area (Å²) in [5.41, 5.74) is 4.74. The van der Waals surface area contributed by atoms with Crippen molar-refractivity contribution < 1.29 is 14.8 Å². The molecule has 136 valence electrons. The number of aryl methyl sites for hydroxylation is 1. The molecule has 1 saturated heterocycles. The summed E-state index contributed by atoms with van der Waals surface area (Å²) in [6.07, 6.45) is 2.93. The maximum Gasteiger partial charge on any atom is 0.274 e. The second kappa shape index (κ2) is 7.83. The van der Waals surface area contributed by atoms with Gasteiger partial charge in [-0.2, -0.15) is 5.10 Å². The van der Waals surface area contributed by atoms with Crippen LogP contribution in [0.25, 0.3) is 6.08 Å². The van der Waals surface area contributed by atoms with Gasteiger partial charge in [-0.1, -0.05) is 18.2 Å². The van der Waals surface area contributed by atoms with Crippen molar-refractivity contribution in [3.05, 3.63) is 53.4 Å². The van der Waals surface area contributed by atoms with Gasteiger partial charge in [0.05, 0.1) is 0 Å². The lowest BCUT2D eigenvalue weighted by Gasteiger charge is -2.36. The summed E-state index contributed by atoms with van der Waals surface area (Å²) in [7, 11) is 0. The normalized spacial score (nSPS) is 14.7. The predicted molar refractivity (Wildman–Crippen MR) is 96.8 cm³/mol. The zero-order valence-electron chi connectivity index (χ0n) is 14.5. The molecule has 1 aromatic heterocycles. The summed E-state index contributed by atoms with van der Waals surface area (Å²) < 4.78 is 0. The van der Waals surface area contributed by atoms with Gasteiger partial charge in [-0.15, -0.1) is 0 Å². The van der Waals surface area contributed by atoms with Crippen LogP contribution >= 0.6 is 0 Å². The van der Waals surface area contributed by atoms with Crippen LogP contribution in [0.2, 0.25) is 0 Å². The number of piperazine rings is 1. The molecule has 26 heavy (non-hydrogen) atoms. The van der Waals surface area contributed by atoms with Crippen LogP contribution in [0.15, 0.2) is 36.4 Å². The fourth-order valence-corrected chi connectivity index (χ4v) is 2.96. The number of hydroxylamine groups is 1. The number of nitrogens with one attached hydrogen (secondary N) is 2. The Balaban J connectivity index is 1.68. The monoisotopic (exact) mass is 355 g/mol. The first kappa shape index (κ1) is 17.7. The number of H-pyrrole nitrogens is 1. The average Bonchev–Trinajstić information content (AvgIpc) is 3.12. The zero-order valence-corrected chi connectivity index (χ0v) is 14.5. The number of anilines is 1. The third-order valence-corrected chi connectivity index (χ3v) is 4.29. The smallest absolute Gasteiger partial charge is 0.274 e. The minimum Gasteiger partial charge on any atom is -0.367 e. The number of carbonyl (C=O) groups is 2. The van der Waals surface area contributed by atoms with Crippen LogP contribution in [0.5, 0.6) is 0 Å². The molecule has 3 N–H and O–H groups in total. The topological polar surface area (TPSA) is 102 Å². The molecule has 3 rings (SSSR count). The van der Waals surface area contributed by atoms with E-state index in [0.29, 0.717) is 31.9 Å². The lowest BCUT2D eigenvalue weighted by Crippen LogP contribution is -2.49. The van der Waals surface area contributed by atoms with E-state index < -0.39 is 5.91 Å². The molecule has 1 aromatic carbocycles. The molecule has 0 aliphatic carbocycles. The van der Waals surface area contributed by atoms with Gasteiger partial charge >= 0.3 is 0 Å². The van der Waals surface area contributed by atoms with E-state index in [2.05, 4.69) is 15.1 Å². The fourth-order valence-electron chi connectivity index (χ4n) is 2.96. The van der Waals surface area contributed by atoms with E-state index in [1.807, 2.05) is 31.2 Å². The summed E-state index contributed by atoms with van der Waals surface area (Å²) in [5, 5.41) is 15.4. The summed E-state index contributed by atoms with van der Waals surface area (Å²) in [4.78, 5) is 27.7. The number of hydrogen-bond acceptors (Lipinski definition) is 5. The van der Waals surface area contributed by atoms with Crippen molar-refractivity contribution in [1.29, 1.82) is 0 Å². The van der Waals surface area contributed by atoms with Crippen LogP contribution < -0.4 is 10.4 Å². The summed E-state index contributed by atoms with van der Waals surface area (Å²) in [6.45, 7) is 4.43. The van der Waals surface area contributed by atoms with Crippen LogP contribution in [-0.2, 0) is 4.79 Å². The lowest BCUT2D eigenvalue weighted by atomic mass is 10.1. The van der Waals surface area contributed by atoms with Crippen molar-refractivity contribution in [3.8, 4) is 0 Å².